The van der Waals surface area contributed by atoms with E-state index in [0.29, 0.717) is 65.0 Å². The first-order chi connectivity index (χ1) is 21.9. The number of carbonyl (C=O) groups excluding carboxylic acids is 1. The number of hydrogen-bond acceptors (Lipinski definition) is 5. The minimum atomic E-state index is -0.276. The summed E-state index contributed by atoms with van der Waals surface area (Å²) in [6.07, 6.45) is 14.1. The molecule has 0 aliphatic carbocycles. The van der Waals surface area contributed by atoms with Crippen LogP contribution in [0.2, 0.25) is 5.02 Å². The first kappa shape index (κ1) is 36.5. The fourth-order valence-corrected chi connectivity index (χ4v) is 5.90. The SMILES string of the molecule is CCCCCCCC(=O)Oc1c(OCCCCCC)c(OCCCCCC)c(OCc2cc(C)cc(C)c2)c2c(Cl)cccc12. The highest BCUT2D eigenvalue weighted by atomic mass is 35.5. The summed E-state index contributed by atoms with van der Waals surface area (Å²) in [7, 11) is 0. The third-order valence-corrected chi connectivity index (χ3v) is 8.27. The van der Waals surface area contributed by atoms with E-state index >= 15 is 0 Å². The van der Waals surface area contributed by atoms with Gasteiger partial charge in [-0.05, 0) is 44.7 Å². The molecule has 6 heteroatoms. The largest absolute Gasteiger partial charge is 0.486 e. The van der Waals surface area contributed by atoms with Crippen molar-refractivity contribution in [2.75, 3.05) is 13.2 Å². The summed E-state index contributed by atoms with van der Waals surface area (Å²) in [6.45, 7) is 12.1. The van der Waals surface area contributed by atoms with E-state index in [9.17, 15) is 4.79 Å². The summed E-state index contributed by atoms with van der Waals surface area (Å²) in [5.41, 5.74) is 3.41. The van der Waals surface area contributed by atoms with Crippen molar-refractivity contribution < 1.29 is 23.7 Å². The van der Waals surface area contributed by atoms with E-state index < -0.39 is 0 Å². The summed E-state index contributed by atoms with van der Waals surface area (Å²) in [5, 5.41) is 1.85. The Labute approximate surface area is 276 Å². The van der Waals surface area contributed by atoms with Crippen LogP contribution in [0, 0.1) is 13.8 Å². The van der Waals surface area contributed by atoms with Gasteiger partial charge in [-0.2, -0.15) is 0 Å². The van der Waals surface area contributed by atoms with Crippen molar-refractivity contribution in [3.63, 3.8) is 0 Å². The molecule has 3 aromatic rings. The predicted octanol–water partition coefficient (Wildman–Crippen LogP) is 11.9. The normalized spacial score (nSPS) is 11.2. The van der Waals surface area contributed by atoms with E-state index in [1.807, 2.05) is 18.2 Å². The fourth-order valence-electron chi connectivity index (χ4n) is 5.64. The lowest BCUT2D eigenvalue weighted by atomic mass is 10.1. The van der Waals surface area contributed by atoms with Crippen LogP contribution in [0.4, 0.5) is 0 Å². The topological polar surface area (TPSA) is 54.0 Å². The first-order valence-corrected chi connectivity index (χ1v) is 17.7. The number of benzene rings is 3. The molecule has 3 rings (SSSR count). The molecule has 0 saturated heterocycles. The van der Waals surface area contributed by atoms with Gasteiger partial charge in [0.05, 0.1) is 23.6 Å². The predicted molar refractivity (Wildman–Crippen MR) is 187 cm³/mol. The lowest BCUT2D eigenvalue weighted by Crippen LogP contribution is -2.12. The van der Waals surface area contributed by atoms with E-state index in [0.717, 1.165) is 82.6 Å². The number of fused-ring (bicyclic) bond motifs is 1. The average molecular weight is 639 g/mol. The van der Waals surface area contributed by atoms with Gasteiger partial charge in [-0.15, -0.1) is 0 Å². The molecule has 0 atom stereocenters. The van der Waals surface area contributed by atoms with Gasteiger partial charge in [-0.3, -0.25) is 4.79 Å². The van der Waals surface area contributed by atoms with Gasteiger partial charge in [0.2, 0.25) is 11.5 Å². The van der Waals surface area contributed by atoms with Crippen molar-refractivity contribution in [3.05, 3.63) is 58.1 Å². The number of rotatable bonds is 22. The zero-order valence-electron chi connectivity index (χ0n) is 28.4. The van der Waals surface area contributed by atoms with Gasteiger partial charge in [0.1, 0.15) is 6.61 Å². The molecule has 0 N–H and O–H groups in total. The van der Waals surface area contributed by atoms with Gasteiger partial charge in [-0.1, -0.05) is 138 Å². The van der Waals surface area contributed by atoms with Gasteiger partial charge in [0.25, 0.3) is 0 Å². The minimum absolute atomic E-state index is 0.276. The van der Waals surface area contributed by atoms with E-state index in [1.165, 1.54) is 17.5 Å². The molecule has 0 aliphatic heterocycles. The Hall–Kier alpha value is -2.92. The van der Waals surface area contributed by atoms with Crippen LogP contribution in [-0.2, 0) is 11.4 Å². The average Bonchev–Trinajstić information content (AvgIpc) is 3.01. The molecule has 0 radical (unpaired) electrons. The second-order valence-corrected chi connectivity index (χ2v) is 12.6. The van der Waals surface area contributed by atoms with Crippen LogP contribution in [-0.4, -0.2) is 19.2 Å². The molecular formula is C39H55ClO5. The molecule has 0 unspecified atom stereocenters. The molecule has 248 valence electrons. The lowest BCUT2D eigenvalue weighted by molar-refractivity contribution is -0.134. The van der Waals surface area contributed by atoms with Crippen LogP contribution in [0.15, 0.2) is 36.4 Å². The molecule has 0 spiro atoms. The monoisotopic (exact) mass is 638 g/mol. The molecule has 0 aromatic heterocycles. The molecule has 0 heterocycles. The van der Waals surface area contributed by atoms with Crippen LogP contribution < -0.4 is 18.9 Å². The van der Waals surface area contributed by atoms with Crippen LogP contribution in [0.25, 0.3) is 10.8 Å². The molecule has 0 saturated carbocycles. The molecule has 45 heavy (non-hydrogen) atoms. The summed E-state index contributed by atoms with van der Waals surface area (Å²) >= 11 is 6.91. The number of hydrogen-bond donors (Lipinski definition) is 0. The zero-order valence-corrected chi connectivity index (χ0v) is 29.2. The Morgan fingerprint density at radius 1 is 0.644 bits per heavy atom. The highest BCUT2D eigenvalue weighted by Gasteiger charge is 2.28. The molecule has 5 nitrogen and oxygen atoms in total. The van der Waals surface area contributed by atoms with Crippen LogP contribution in [0.1, 0.15) is 127 Å². The number of ether oxygens (including phenoxy) is 4. The van der Waals surface area contributed by atoms with E-state index in [4.69, 9.17) is 30.5 Å². The van der Waals surface area contributed by atoms with E-state index in [1.54, 1.807) is 0 Å². The standard InChI is InChI=1S/C39H55ClO5/c1-6-9-12-15-16-22-34(41)45-36-32-20-19-21-33(40)35(32)37(44-28-31-26-29(4)25-30(5)27-31)39(43-24-18-14-11-8-3)38(36)42-23-17-13-10-7-2/h19-21,25-27H,6-18,22-24,28H2,1-5H3. The summed E-state index contributed by atoms with van der Waals surface area (Å²) in [5.74, 6) is 1.49. The van der Waals surface area contributed by atoms with Gasteiger partial charge in [0, 0.05) is 11.8 Å². The Balaban J connectivity index is 2.09. The molecule has 0 fully saturated rings. The number of esters is 1. The first-order valence-electron chi connectivity index (χ1n) is 17.3. The van der Waals surface area contributed by atoms with Crippen molar-refractivity contribution in [1.29, 1.82) is 0 Å². The third kappa shape index (κ3) is 11.7. The Morgan fingerprint density at radius 2 is 1.20 bits per heavy atom. The smallest absolute Gasteiger partial charge is 0.311 e. The highest BCUT2D eigenvalue weighted by molar-refractivity contribution is 6.36. The number of unbranched alkanes of at least 4 members (excludes halogenated alkanes) is 10. The third-order valence-electron chi connectivity index (χ3n) is 7.96. The van der Waals surface area contributed by atoms with Crippen LogP contribution in [0.5, 0.6) is 23.0 Å². The fraction of sp³-hybridized carbons (Fsp3) is 0.564. The van der Waals surface area contributed by atoms with Crippen LogP contribution in [0.3, 0.4) is 0 Å². The number of carbonyl (C=O) groups is 1. The maximum absolute atomic E-state index is 13.3. The van der Waals surface area contributed by atoms with Crippen molar-refractivity contribution in [2.45, 2.75) is 131 Å². The van der Waals surface area contributed by atoms with Crippen molar-refractivity contribution in [2.24, 2.45) is 0 Å². The van der Waals surface area contributed by atoms with Crippen molar-refractivity contribution in [3.8, 4) is 23.0 Å². The summed E-state index contributed by atoms with van der Waals surface area (Å²) in [6, 6.07) is 12.0. The van der Waals surface area contributed by atoms with E-state index in [-0.39, 0.29) is 5.97 Å². The molecular weight excluding hydrogens is 584 g/mol. The van der Waals surface area contributed by atoms with Gasteiger partial charge < -0.3 is 18.9 Å². The van der Waals surface area contributed by atoms with E-state index in [2.05, 4.69) is 52.8 Å². The maximum Gasteiger partial charge on any atom is 0.311 e. The Bertz CT molecular complexity index is 1310. The quantitative estimate of drug-likeness (QED) is 0.0622. The van der Waals surface area contributed by atoms with Gasteiger partial charge in [-0.25, -0.2) is 0 Å². The van der Waals surface area contributed by atoms with Gasteiger partial charge in [0.15, 0.2) is 11.5 Å². The minimum Gasteiger partial charge on any atom is -0.486 e. The lowest BCUT2D eigenvalue weighted by Gasteiger charge is -2.23. The second-order valence-electron chi connectivity index (χ2n) is 12.2. The number of aryl methyl sites for hydroxylation is 2. The van der Waals surface area contributed by atoms with Crippen molar-refractivity contribution >= 4 is 28.3 Å². The van der Waals surface area contributed by atoms with Gasteiger partial charge >= 0.3 is 5.97 Å². The summed E-state index contributed by atoms with van der Waals surface area (Å²) < 4.78 is 25.8. The zero-order chi connectivity index (χ0) is 32.4. The Kier molecular flexibility index (Phi) is 16.4. The maximum atomic E-state index is 13.3. The van der Waals surface area contributed by atoms with Crippen LogP contribution >= 0.6 is 11.6 Å². The summed E-state index contributed by atoms with van der Waals surface area (Å²) in [4.78, 5) is 13.3. The Morgan fingerprint density at radius 3 is 1.80 bits per heavy atom. The molecule has 0 aliphatic rings. The molecule has 0 bridgehead atoms. The highest BCUT2D eigenvalue weighted by Crippen LogP contribution is 2.53. The second kappa shape index (κ2) is 20.3. The molecule has 3 aromatic carbocycles. The van der Waals surface area contributed by atoms with Crippen molar-refractivity contribution in [1.82, 2.24) is 0 Å². The molecule has 0 amide bonds. The number of halogens is 1.